The Labute approximate surface area is 155 Å². The number of nitrogens with zero attached hydrogens (tertiary/aromatic N) is 1. The molecule has 0 radical (unpaired) electrons. The molecule has 0 aliphatic heterocycles. The quantitative estimate of drug-likeness (QED) is 0.532. The van der Waals surface area contributed by atoms with Crippen molar-refractivity contribution in [3.05, 3.63) is 81.4 Å². The van der Waals surface area contributed by atoms with Gasteiger partial charge in [-0.1, -0.05) is 24.3 Å². The number of amides is 1. The van der Waals surface area contributed by atoms with Crippen LogP contribution in [-0.4, -0.2) is 10.9 Å². The molecule has 1 amide bonds. The van der Waals surface area contributed by atoms with Gasteiger partial charge in [-0.3, -0.25) is 4.79 Å². The van der Waals surface area contributed by atoms with Gasteiger partial charge < -0.3 is 9.73 Å². The van der Waals surface area contributed by atoms with Gasteiger partial charge in [0.2, 0.25) is 0 Å². The highest BCUT2D eigenvalue weighted by molar-refractivity contribution is 7.12. The third kappa shape index (κ3) is 3.39. The highest BCUT2D eigenvalue weighted by Crippen LogP contribution is 2.23. The zero-order valence-corrected chi connectivity index (χ0v) is 15.4. The van der Waals surface area contributed by atoms with E-state index in [1.807, 2.05) is 54.8 Å². The second kappa shape index (κ2) is 6.77. The number of hydrogen-bond acceptors (Lipinski definition) is 4. The molecule has 2 heterocycles. The summed E-state index contributed by atoms with van der Waals surface area (Å²) in [4.78, 5) is 17.4. The highest BCUT2D eigenvalue weighted by Gasteiger charge is 2.10. The van der Waals surface area contributed by atoms with Crippen LogP contribution in [0.2, 0.25) is 0 Å². The Bertz CT molecular complexity index is 1060. The van der Waals surface area contributed by atoms with Crippen LogP contribution < -0.4 is 5.32 Å². The van der Waals surface area contributed by atoms with E-state index < -0.39 is 0 Å². The van der Waals surface area contributed by atoms with Crippen LogP contribution in [0.3, 0.4) is 0 Å². The molecule has 0 atom stereocenters. The first-order chi connectivity index (χ1) is 12.6. The fourth-order valence-corrected chi connectivity index (χ4v) is 3.60. The number of anilines is 1. The van der Waals surface area contributed by atoms with E-state index in [2.05, 4.69) is 23.3 Å². The molecule has 0 bridgehead atoms. The Morgan fingerprint density at radius 3 is 2.69 bits per heavy atom. The zero-order valence-electron chi connectivity index (χ0n) is 14.6. The lowest BCUT2D eigenvalue weighted by atomic mass is 10.1. The van der Waals surface area contributed by atoms with Crippen LogP contribution in [-0.2, 0) is 6.42 Å². The smallest absolute Gasteiger partial charge is 0.265 e. The van der Waals surface area contributed by atoms with Gasteiger partial charge in [-0.2, -0.15) is 0 Å². The summed E-state index contributed by atoms with van der Waals surface area (Å²) in [6, 6.07) is 15.6. The van der Waals surface area contributed by atoms with Crippen molar-refractivity contribution in [1.29, 1.82) is 0 Å². The number of carbonyl (C=O) groups is 1. The Kier molecular flexibility index (Phi) is 4.31. The van der Waals surface area contributed by atoms with Gasteiger partial charge in [0, 0.05) is 12.1 Å². The molecule has 0 spiro atoms. The second-order valence-corrected chi connectivity index (χ2v) is 7.29. The Morgan fingerprint density at radius 1 is 1.15 bits per heavy atom. The standard InChI is InChI=1S/C21H18N2O2S/c1-13-10-14(2)20-17(11-13)23-19(25-20)12-15-5-7-16(8-6-15)22-21(24)18-4-3-9-26-18/h3-11H,12H2,1-2H3,(H,22,24). The first kappa shape index (κ1) is 16.5. The monoisotopic (exact) mass is 362 g/mol. The van der Waals surface area contributed by atoms with Crippen LogP contribution in [0.15, 0.2) is 58.3 Å². The number of thiophene rings is 1. The number of hydrogen-bond donors (Lipinski definition) is 1. The minimum atomic E-state index is -0.0856. The zero-order chi connectivity index (χ0) is 18.1. The van der Waals surface area contributed by atoms with Crippen molar-refractivity contribution in [3.8, 4) is 0 Å². The summed E-state index contributed by atoms with van der Waals surface area (Å²) in [7, 11) is 0. The van der Waals surface area contributed by atoms with Gasteiger partial charge in [0.05, 0.1) is 4.88 Å². The molecule has 1 N–H and O–H groups in total. The molecule has 26 heavy (non-hydrogen) atoms. The fraction of sp³-hybridized carbons (Fsp3) is 0.143. The van der Waals surface area contributed by atoms with Gasteiger partial charge in [0.15, 0.2) is 11.5 Å². The van der Waals surface area contributed by atoms with Crippen LogP contribution in [0.25, 0.3) is 11.1 Å². The van der Waals surface area contributed by atoms with E-state index in [9.17, 15) is 4.79 Å². The van der Waals surface area contributed by atoms with E-state index in [1.54, 1.807) is 0 Å². The molecule has 5 heteroatoms. The van der Waals surface area contributed by atoms with Crippen LogP contribution >= 0.6 is 11.3 Å². The summed E-state index contributed by atoms with van der Waals surface area (Å²) in [6.45, 7) is 4.10. The maximum absolute atomic E-state index is 12.1. The third-order valence-electron chi connectivity index (χ3n) is 4.18. The van der Waals surface area contributed by atoms with Gasteiger partial charge in [-0.15, -0.1) is 11.3 Å². The average Bonchev–Trinajstić information content (AvgIpc) is 3.26. The first-order valence-electron chi connectivity index (χ1n) is 8.39. The predicted octanol–water partition coefficient (Wildman–Crippen LogP) is 5.35. The van der Waals surface area contributed by atoms with Crippen molar-refractivity contribution in [2.45, 2.75) is 20.3 Å². The van der Waals surface area contributed by atoms with Crippen LogP contribution in [0.5, 0.6) is 0 Å². The fourth-order valence-electron chi connectivity index (χ4n) is 2.98. The lowest BCUT2D eigenvalue weighted by Gasteiger charge is -2.04. The molecule has 0 aliphatic rings. The lowest BCUT2D eigenvalue weighted by molar-refractivity contribution is 0.103. The van der Waals surface area contributed by atoms with Crippen LogP contribution in [0.4, 0.5) is 5.69 Å². The normalized spacial score (nSPS) is 11.0. The average molecular weight is 362 g/mol. The van der Waals surface area contributed by atoms with Crippen LogP contribution in [0.1, 0.15) is 32.3 Å². The maximum Gasteiger partial charge on any atom is 0.265 e. The molecule has 4 rings (SSSR count). The van der Waals surface area contributed by atoms with Crippen molar-refractivity contribution in [2.75, 3.05) is 5.32 Å². The number of nitrogens with one attached hydrogen (secondary N) is 1. The number of carbonyl (C=O) groups excluding carboxylic acids is 1. The minimum Gasteiger partial charge on any atom is -0.440 e. The molecule has 130 valence electrons. The molecule has 4 nitrogen and oxygen atoms in total. The van der Waals surface area contributed by atoms with Gasteiger partial charge in [-0.25, -0.2) is 4.98 Å². The Morgan fingerprint density at radius 2 is 1.96 bits per heavy atom. The summed E-state index contributed by atoms with van der Waals surface area (Å²) in [6.07, 6.45) is 0.617. The number of benzene rings is 2. The number of fused-ring (bicyclic) bond motifs is 1. The SMILES string of the molecule is Cc1cc(C)c2oc(Cc3ccc(NC(=O)c4cccs4)cc3)nc2c1. The molecule has 4 aromatic rings. The molecular formula is C21H18N2O2S. The molecule has 0 fully saturated rings. The van der Waals surface area contributed by atoms with Crippen molar-refractivity contribution in [2.24, 2.45) is 0 Å². The van der Waals surface area contributed by atoms with Crippen molar-refractivity contribution in [3.63, 3.8) is 0 Å². The van der Waals surface area contributed by atoms with Gasteiger partial charge in [0.25, 0.3) is 5.91 Å². The molecule has 0 saturated carbocycles. The van der Waals surface area contributed by atoms with E-state index in [0.29, 0.717) is 17.2 Å². The van der Waals surface area contributed by atoms with Gasteiger partial charge in [-0.05, 0) is 60.2 Å². The van der Waals surface area contributed by atoms with E-state index in [-0.39, 0.29) is 5.91 Å². The summed E-state index contributed by atoms with van der Waals surface area (Å²) in [5, 5.41) is 4.79. The first-order valence-corrected chi connectivity index (χ1v) is 9.27. The topological polar surface area (TPSA) is 55.1 Å². The third-order valence-corrected chi connectivity index (χ3v) is 5.05. The predicted molar refractivity (Wildman–Crippen MR) is 105 cm³/mol. The molecular weight excluding hydrogens is 344 g/mol. The summed E-state index contributed by atoms with van der Waals surface area (Å²) < 4.78 is 5.92. The second-order valence-electron chi connectivity index (χ2n) is 6.34. The van der Waals surface area contributed by atoms with E-state index in [4.69, 9.17) is 4.42 Å². The molecule has 0 unspecified atom stereocenters. The molecule has 0 aliphatic carbocycles. The van der Waals surface area contributed by atoms with E-state index >= 15 is 0 Å². The Balaban J connectivity index is 1.49. The van der Waals surface area contributed by atoms with Gasteiger partial charge in [0.1, 0.15) is 5.52 Å². The number of aromatic nitrogens is 1. The van der Waals surface area contributed by atoms with E-state index in [0.717, 1.165) is 27.9 Å². The number of rotatable bonds is 4. The number of oxazole rings is 1. The number of aryl methyl sites for hydroxylation is 2. The van der Waals surface area contributed by atoms with Crippen molar-refractivity contribution >= 4 is 34.0 Å². The molecule has 2 aromatic heterocycles. The molecule has 0 saturated heterocycles. The van der Waals surface area contributed by atoms with E-state index in [1.165, 1.54) is 16.9 Å². The molecule has 2 aromatic carbocycles. The maximum atomic E-state index is 12.1. The Hall–Kier alpha value is -2.92. The summed E-state index contributed by atoms with van der Waals surface area (Å²) in [5.41, 5.74) is 5.89. The minimum absolute atomic E-state index is 0.0856. The lowest BCUT2D eigenvalue weighted by Crippen LogP contribution is -2.09. The highest BCUT2D eigenvalue weighted by atomic mass is 32.1. The summed E-state index contributed by atoms with van der Waals surface area (Å²) >= 11 is 1.43. The van der Waals surface area contributed by atoms with Crippen LogP contribution in [0, 0.1) is 13.8 Å². The summed E-state index contributed by atoms with van der Waals surface area (Å²) in [5.74, 6) is 0.613. The van der Waals surface area contributed by atoms with Crippen molar-refractivity contribution < 1.29 is 9.21 Å². The largest absolute Gasteiger partial charge is 0.440 e. The van der Waals surface area contributed by atoms with Gasteiger partial charge >= 0.3 is 0 Å². The van der Waals surface area contributed by atoms with Crippen molar-refractivity contribution in [1.82, 2.24) is 4.98 Å².